The molecule has 1 aliphatic heterocycles. The fourth-order valence-electron chi connectivity index (χ4n) is 3.71. The molecule has 4 rings (SSSR count). The SMILES string of the molecule is CN(Cc1ccc(-c2ccc(Cl)cc2)o1)C(=O)COC(=O)c1ccc(CN2CCCC2=O)cc1. The fourth-order valence-corrected chi connectivity index (χ4v) is 3.84. The molecule has 176 valence electrons. The van der Waals surface area contributed by atoms with Crippen LogP contribution in [0.2, 0.25) is 5.02 Å². The zero-order chi connectivity index (χ0) is 24.1. The Bertz CT molecular complexity index is 1170. The third kappa shape index (κ3) is 5.85. The lowest BCUT2D eigenvalue weighted by atomic mass is 10.1. The summed E-state index contributed by atoms with van der Waals surface area (Å²) in [6, 6.07) is 17.8. The second-order valence-electron chi connectivity index (χ2n) is 8.21. The predicted molar refractivity (Wildman–Crippen MR) is 127 cm³/mol. The number of carbonyl (C=O) groups excluding carboxylic acids is 3. The maximum Gasteiger partial charge on any atom is 0.338 e. The fraction of sp³-hybridized carbons (Fsp3) is 0.269. The van der Waals surface area contributed by atoms with Crippen LogP contribution in [0.3, 0.4) is 0 Å². The lowest BCUT2D eigenvalue weighted by molar-refractivity contribution is -0.134. The number of amides is 2. The van der Waals surface area contributed by atoms with Gasteiger partial charge >= 0.3 is 5.97 Å². The van der Waals surface area contributed by atoms with E-state index in [2.05, 4.69) is 0 Å². The van der Waals surface area contributed by atoms with Crippen molar-refractivity contribution in [2.24, 2.45) is 0 Å². The molecule has 0 saturated carbocycles. The van der Waals surface area contributed by atoms with Crippen LogP contribution >= 0.6 is 11.6 Å². The number of ether oxygens (including phenoxy) is 1. The number of hydrogen-bond donors (Lipinski definition) is 0. The molecule has 2 amide bonds. The summed E-state index contributed by atoms with van der Waals surface area (Å²) in [5.74, 6) is 0.521. The second-order valence-corrected chi connectivity index (χ2v) is 8.65. The monoisotopic (exact) mass is 480 g/mol. The minimum atomic E-state index is -0.575. The number of likely N-dealkylation sites (N-methyl/N-ethyl adjacent to an activating group) is 1. The first kappa shape index (κ1) is 23.6. The molecule has 2 aromatic carbocycles. The number of nitrogens with zero attached hydrogens (tertiary/aromatic N) is 2. The van der Waals surface area contributed by atoms with Crippen molar-refractivity contribution in [1.82, 2.24) is 9.80 Å². The van der Waals surface area contributed by atoms with Crippen molar-refractivity contribution in [3.05, 3.63) is 82.6 Å². The molecular formula is C26H25ClN2O5. The second kappa shape index (κ2) is 10.6. The molecule has 0 spiro atoms. The topological polar surface area (TPSA) is 80.1 Å². The summed E-state index contributed by atoms with van der Waals surface area (Å²) in [7, 11) is 1.62. The molecule has 7 nitrogen and oxygen atoms in total. The first-order valence-corrected chi connectivity index (χ1v) is 11.4. The quantitative estimate of drug-likeness (QED) is 0.442. The number of rotatable bonds is 8. The van der Waals surface area contributed by atoms with E-state index < -0.39 is 5.97 Å². The van der Waals surface area contributed by atoms with E-state index in [9.17, 15) is 14.4 Å². The van der Waals surface area contributed by atoms with E-state index >= 15 is 0 Å². The van der Waals surface area contributed by atoms with Crippen molar-refractivity contribution in [3.63, 3.8) is 0 Å². The Labute approximate surface area is 202 Å². The first-order chi connectivity index (χ1) is 16.4. The number of carbonyl (C=O) groups is 3. The number of likely N-dealkylation sites (tertiary alicyclic amines) is 1. The van der Waals surface area contributed by atoms with Gasteiger partial charge in [-0.1, -0.05) is 23.7 Å². The first-order valence-electron chi connectivity index (χ1n) is 11.0. The average Bonchev–Trinajstić information content (AvgIpc) is 3.47. The van der Waals surface area contributed by atoms with Crippen LogP contribution in [0.15, 0.2) is 65.1 Å². The Morgan fingerprint density at radius 1 is 1.06 bits per heavy atom. The average molecular weight is 481 g/mol. The van der Waals surface area contributed by atoms with Crippen LogP contribution in [0.4, 0.5) is 0 Å². The van der Waals surface area contributed by atoms with Gasteiger partial charge in [-0.3, -0.25) is 9.59 Å². The molecule has 3 aromatic rings. The highest BCUT2D eigenvalue weighted by atomic mass is 35.5. The maximum atomic E-state index is 12.4. The van der Waals surface area contributed by atoms with Gasteiger partial charge in [-0.15, -0.1) is 0 Å². The Balaban J connectivity index is 1.25. The van der Waals surface area contributed by atoms with Crippen molar-refractivity contribution in [1.29, 1.82) is 0 Å². The summed E-state index contributed by atoms with van der Waals surface area (Å²) in [5, 5.41) is 0.643. The third-order valence-corrected chi connectivity index (χ3v) is 5.92. The van der Waals surface area contributed by atoms with Crippen molar-refractivity contribution < 1.29 is 23.5 Å². The summed E-state index contributed by atoms with van der Waals surface area (Å²) in [6.07, 6.45) is 1.48. The van der Waals surface area contributed by atoms with Crippen LogP contribution < -0.4 is 0 Å². The van der Waals surface area contributed by atoms with Gasteiger partial charge in [-0.2, -0.15) is 0 Å². The molecule has 1 fully saturated rings. The van der Waals surface area contributed by atoms with E-state index in [0.29, 0.717) is 35.1 Å². The van der Waals surface area contributed by atoms with Gasteiger partial charge in [0.15, 0.2) is 6.61 Å². The van der Waals surface area contributed by atoms with Crippen LogP contribution in [-0.4, -0.2) is 47.8 Å². The van der Waals surface area contributed by atoms with Gasteiger partial charge in [-0.25, -0.2) is 4.79 Å². The molecule has 0 N–H and O–H groups in total. The standard InChI is InChI=1S/C26H25ClN2O5/c1-28(16-22-12-13-23(34-22)19-8-10-21(27)11-9-19)25(31)17-33-26(32)20-6-4-18(5-7-20)15-29-14-2-3-24(29)30/h4-13H,2-3,14-17H2,1H3. The highest BCUT2D eigenvalue weighted by Gasteiger charge is 2.20. The van der Waals surface area contributed by atoms with E-state index in [0.717, 1.165) is 24.1 Å². The molecular weight excluding hydrogens is 456 g/mol. The molecule has 1 aliphatic rings. The molecule has 0 unspecified atom stereocenters. The van der Waals surface area contributed by atoms with Crippen LogP contribution in [0, 0.1) is 0 Å². The third-order valence-electron chi connectivity index (χ3n) is 5.67. The number of esters is 1. The summed E-state index contributed by atoms with van der Waals surface area (Å²) in [4.78, 5) is 39.8. The minimum Gasteiger partial charge on any atom is -0.459 e. The van der Waals surface area contributed by atoms with Gasteiger partial charge in [0.2, 0.25) is 5.91 Å². The Kier molecular flexibility index (Phi) is 7.33. The van der Waals surface area contributed by atoms with Crippen LogP contribution in [0.25, 0.3) is 11.3 Å². The van der Waals surface area contributed by atoms with E-state index in [-0.39, 0.29) is 25.0 Å². The minimum absolute atomic E-state index is 0.155. The van der Waals surface area contributed by atoms with Gasteiger partial charge in [0.05, 0.1) is 12.1 Å². The number of furan rings is 1. The highest BCUT2D eigenvalue weighted by molar-refractivity contribution is 6.30. The van der Waals surface area contributed by atoms with Crippen molar-refractivity contribution in [3.8, 4) is 11.3 Å². The lowest BCUT2D eigenvalue weighted by Gasteiger charge is -2.16. The largest absolute Gasteiger partial charge is 0.459 e. The number of benzene rings is 2. The molecule has 1 aromatic heterocycles. The maximum absolute atomic E-state index is 12.4. The molecule has 0 aliphatic carbocycles. The lowest BCUT2D eigenvalue weighted by Crippen LogP contribution is -2.30. The van der Waals surface area contributed by atoms with Crippen molar-refractivity contribution >= 4 is 29.4 Å². The van der Waals surface area contributed by atoms with Gasteiger partial charge in [0, 0.05) is 37.1 Å². The molecule has 8 heteroatoms. The summed E-state index contributed by atoms with van der Waals surface area (Å²) in [5.41, 5.74) is 2.18. The zero-order valence-corrected chi connectivity index (χ0v) is 19.6. The Hall–Kier alpha value is -3.58. The van der Waals surface area contributed by atoms with E-state index in [4.69, 9.17) is 20.8 Å². The van der Waals surface area contributed by atoms with Gasteiger partial charge in [0.1, 0.15) is 11.5 Å². The van der Waals surface area contributed by atoms with Crippen LogP contribution in [0.1, 0.15) is 34.5 Å². The van der Waals surface area contributed by atoms with Gasteiger partial charge < -0.3 is 19.0 Å². The van der Waals surface area contributed by atoms with Gasteiger partial charge in [-0.05, 0) is 60.5 Å². The summed E-state index contributed by atoms with van der Waals surface area (Å²) >= 11 is 5.92. The Morgan fingerprint density at radius 2 is 1.79 bits per heavy atom. The molecule has 0 radical (unpaired) electrons. The highest BCUT2D eigenvalue weighted by Crippen LogP contribution is 2.24. The molecule has 1 saturated heterocycles. The molecule has 2 heterocycles. The predicted octanol–water partition coefficient (Wildman–Crippen LogP) is 4.54. The normalized spacial score (nSPS) is 13.2. The van der Waals surface area contributed by atoms with E-state index in [1.165, 1.54) is 4.90 Å². The number of halogens is 1. The zero-order valence-electron chi connectivity index (χ0n) is 18.8. The summed E-state index contributed by atoms with van der Waals surface area (Å²) < 4.78 is 11.0. The summed E-state index contributed by atoms with van der Waals surface area (Å²) in [6.45, 7) is 1.17. The van der Waals surface area contributed by atoms with Crippen molar-refractivity contribution in [2.45, 2.75) is 25.9 Å². The van der Waals surface area contributed by atoms with Gasteiger partial charge in [0.25, 0.3) is 5.91 Å². The molecule has 0 atom stereocenters. The van der Waals surface area contributed by atoms with E-state index in [1.54, 1.807) is 54.4 Å². The number of hydrogen-bond acceptors (Lipinski definition) is 5. The Morgan fingerprint density at radius 3 is 2.47 bits per heavy atom. The van der Waals surface area contributed by atoms with Crippen LogP contribution in [-0.2, 0) is 27.4 Å². The van der Waals surface area contributed by atoms with Crippen LogP contribution in [0.5, 0.6) is 0 Å². The molecule has 34 heavy (non-hydrogen) atoms. The van der Waals surface area contributed by atoms with E-state index in [1.807, 2.05) is 18.2 Å². The smallest absolute Gasteiger partial charge is 0.338 e. The molecule has 0 bridgehead atoms. The van der Waals surface area contributed by atoms with Crippen molar-refractivity contribution in [2.75, 3.05) is 20.2 Å².